The van der Waals surface area contributed by atoms with E-state index < -0.39 is 0 Å². The Morgan fingerprint density at radius 2 is 2.25 bits per heavy atom. The van der Waals surface area contributed by atoms with Gasteiger partial charge in [-0.15, -0.1) is 0 Å². The van der Waals surface area contributed by atoms with Crippen LogP contribution in [0.25, 0.3) is 0 Å². The van der Waals surface area contributed by atoms with E-state index in [-0.39, 0.29) is 0 Å². The van der Waals surface area contributed by atoms with E-state index in [0.29, 0.717) is 23.7 Å². The first-order valence-electron chi connectivity index (χ1n) is 4.90. The van der Waals surface area contributed by atoms with Crippen LogP contribution in [0.4, 0.5) is 0 Å². The maximum atomic E-state index is 8.58. The third-order valence-corrected chi connectivity index (χ3v) is 2.37. The molecule has 0 fully saturated rings. The molecule has 0 saturated heterocycles. The SMILES string of the molecule is CCCOc1c(C=NO)cc(Br)cc1OC. The van der Waals surface area contributed by atoms with E-state index in [1.54, 1.807) is 19.2 Å². The van der Waals surface area contributed by atoms with Gasteiger partial charge in [-0.25, -0.2) is 0 Å². The van der Waals surface area contributed by atoms with Crippen LogP contribution in [0, 0.1) is 0 Å². The Kier molecular flexibility index (Phi) is 5.11. The summed E-state index contributed by atoms with van der Waals surface area (Å²) < 4.78 is 11.6. The van der Waals surface area contributed by atoms with Crippen molar-refractivity contribution in [3.05, 3.63) is 22.2 Å². The number of methoxy groups -OCH3 is 1. The first-order valence-corrected chi connectivity index (χ1v) is 5.70. The second kappa shape index (κ2) is 6.37. The van der Waals surface area contributed by atoms with Crippen molar-refractivity contribution in [1.82, 2.24) is 0 Å². The molecule has 1 aromatic rings. The van der Waals surface area contributed by atoms with Crippen molar-refractivity contribution in [3.8, 4) is 11.5 Å². The molecule has 88 valence electrons. The Labute approximate surface area is 103 Å². The predicted octanol–water partition coefficient (Wildman–Crippen LogP) is 3.05. The van der Waals surface area contributed by atoms with Gasteiger partial charge in [0.15, 0.2) is 11.5 Å². The molecule has 4 nitrogen and oxygen atoms in total. The second-order valence-electron chi connectivity index (χ2n) is 3.12. The molecule has 0 atom stereocenters. The van der Waals surface area contributed by atoms with Gasteiger partial charge in [-0.3, -0.25) is 0 Å². The number of oxime groups is 1. The van der Waals surface area contributed by atoms with Crippen LogP contribution in [-0.4, -0.2) is 25.1 Å². The summed E-state index contributed by atoms with van der Waals surface area (Å²) in [5.41, 5.74) is 0.669. The van der Waals surface area contributed by atoms with Gasteiger partial charge in [-0.05, 0) is 18.6 Å². The van der Waals surface area contributed by atoms with Crippen LogP contribution in [0.2, 0.25) is 0 Å². The molecule has 0 amide bonds. The quantitative estimate of drug-likeness (QED) is 0.514. The van der Waals surface area contributed by atoms with Gasteiger partial charge in [-0.2, -0.15) is 0 Å². The van der Waals surface area contributed by atoms with Crippen LogP contribution in [0.5, 0.6) is 11.5 Å². The van der Waals surface area contributed by atoms with Crippen LogP contribution in [0.15, 0.2) is 21.8 Å². The van der Waals surface area contributed by atoms with E-state index in [2.05, 4.69) is 21.1 Å². The Morgan fingerprint density at radius 3 is 2.81 bits per heavy atom. The van der Waals surface area contributed by atoms with Crippen molar-refractivity contribution in [1.29, 1.82) is 0 Å². The maximum absolute atomic E-state index is 8.58. The van der Waals surface area contributed by atoms with Crippen molar-refractivity contribution < 1.29 is 14.7 Å². The normalized spacial score (nSPS) is 10.7. The summed E-state index contributed by atoms with van der Waals surface area (Å²) in [5, 5.41) is 11.6. The van der Waals surface area contributed by atoms with Crippen molar-refractivity contribution >= 4 is 22.1 Å². The minimum Gasteiger partial charge on any atom is -0.493 e. The topological polar surface area (TPSA) is 51.0 Å². The smallest absolute Gasteiger partial charge is 0.170 e. The summed E-state index contributed by atoms with van der Waals surface area (Å²) in [6.45, 7) is 2.61. The van der Waals surface area contributed by atoms with Crippen LogP contribution < -0.4 is 9.47 Å². The first-order chi connectivity index (χ1) is 7.72. The predicted molar refractivity (Wildman–Crippen MR) is 65.9 cm³/mol. The fourth-order valence-electron chi connectivity index (χ4n) is 1.26. The molecule has 0 spiro atoms. The van der Waals surface area contributed by atoms with E-state index >= 15 is 0 Å². The fraction of sp³-hybridized carbons (Fsp3) is 0.364. The molecule has 0 aliphatic rings. The highest BCUT2D eigenvalue weighted by atomic mass is 79.9. The zero-order valence-electron chi connectivity index (χ0n) is 9.24. The minimum absolute atomic E-state index is 0.588. The second-order valence-corrected chi connectivity index (χ2v) is 4.04. The van der Waals surface area contributed by atoms with Gasteiger partial charge in [-0.1, -0.05) is 28.0 Å². The van der Waals surface area contributed by atoms with Crippen molar-refractivity contribution in [2.75, 3.05) is 13.7 Å². The number of nitrogens with zero attached hydrogens (tertiary/aromatic N) is 1. The van der Waals surface area contributed by atoms with E-state index in [4.69, 9.17) is 14.7 Å². The maximum Gasteiger partial charge on any atom is 0.170 e. The Bertz CT molecular complexity index is 380. The highest BCUT2D eigenvalue weighted by Gasteiger charge is 2.11. The number of ether oxygens (including phenoxy) is 2. The third kappa shape index (κ3) is 3.13. The Hall–Kier alpha value is -1.23. The van der Waals surface area contributed by atoms with Gasteiger partial charge in [0.2, 0.25) is 0 Å². The van der Waals surface area contributed by atoms with E-state index in [9.17, 15) is 0 Å². The van der Waals surface area contributed by atoms with Crippen molar-refractivity contribution in [2.24, 2.45) is 5.16 Å². The van der Waals surface area contributed by atoms with Crippen LogP contribution in [0.3, 0.4) is 0 Å². The molecule has 0 aliphatic carbocycles. The molecule has 5 heteroatoms. The molecule has 1 N–H and O–H groups in total. The molecule has 0 unspecified atom stereocenters. The van der Waals surface area contributed by atoms with E-state index in [1.807, 2.05) is 6.92 Å². The van der Waals surface area contributed by atoms with Crippen LogP contribution in [-0.2, 0) is 0 Å². The number of hydrogen-bond donors (Lipinski definition) is 1. The molecule has 0 saturated carbocycles. The number of benzene rings is 1. The van der Waals surface area contributed by atoms with Gasteiger partial charge in [0.25, 0.3) is 0 Å². The molecular formula is C11H14BrNO3. The van der Waals surface area contributed by atoms with E-state index in [1.165, 1.54) is 6.21 Å². The summed E-state index contributed by atoms with van der Waals surface area (Å²) >= 11 is 3.35. The summed E-state index contributed by atoms with van der Waals surface area (Å²) in [7, 11) is 1.57. The average Bonchev–Trinajstić information content (AvgIpc) is 2.27. The monoisotopic (exact) mass is 287 g/mol. The number of hydrogen-bond acceptors (Lipinski definition) is 4. The average molecular weight is 288 g/mol. The van der Waals surface area contributed by atoms with Crippen LogP contribution >= 0.6 is 15.9 Å². The van der Waals surface area contributed by atoms with Gasteiger partial charge in [0, 0.05) is 10.0 Å². The zero-order valence-corrected chi connectivity index (χ0v) is 10.8. The lowest BCUT2D eigenvalue weighted by Crippen LogP contribution is -2.01. The number of halogens is 1. The summed E-state index contributed by atoms with van der Waals surface area (Å²) in [5.74, 6) is 1.20. The number of rotatable bonds is 5. The molecule has 0 bridgehead atoms. The van der Waals surface area contributed by atoms with Crippen molar-refractivity contribution in [2.45, 2.75) is 13.3 Å². The molecule has 0 radical (unpaired) electrons. The summed E-state index contributed by atoms with van der Waals surface area (Å²) in [6.07, 6.45) is 2.22. The van der Waals surface area contributed by atoms with Gasteiger partial charge in [0.05, 0.1) is 19.9 Å². The van der Waals surface area contributed by atoms with Gasteiger partial charge >= 0.3 is 0 Å². The van der Waals surface area contributed by atoms with E-state index in [0.717, 1.165) is 10.9 Å². The van der Waals surface area contributed by atoms with Gasteiger partial charge < -0.3 is 14.7 Å². The van der Waals surface area contributed by atoms with Crippen molar-refractivity contribution in [3.63, 3.8) is 0 Å². The standard InChI is InChI=1S/C11H14BrNO3/c1-3-4-16-11-8(7-13-14)5-9(12)6-10(11)15-2/h5-7,14H,3-4H2,1-2H3. The summed E-state index contributed by atoms with van der Waals surface area (Å²) in [6, 6.07) is 3.60. The molecular weight excluding hydrogens is 274 g/mol. The highest BCUT2D eigenvalue weighted by Crippen LogP contribution is 2.34. The fourth-order valence-corrected chi connectivity index (χ4v) is 1.71. The highest BCUT2D eigenvalue weighted by molar-refractivity contribution is 9.10. The zero-order chi connectivity index (χ0) is 12.0. The third-order valence-electron chi connectivity index (χ3n) is 1.92. The molecule has 16 heavy (non-hydrogen) atoms. The molecule has 0 heterocycles. The summed E-state index contributed by atoms with van der Waals surface area (Å²) in [4.78, 5) is 0. The minimum atomic E-state index is 0.588. The largest absolute Gasteiger partial charge is 0.493 e. The lowest BCUT2D eigenvalue weighted by atomic mass is 10.2. The lowest BCUT2D eigenvalue weighted by Gasteiger charge is -2.13. The van der Waals surface area contributed by atoms with Gasteiger partial charge in [0.1, 0.15) is 0 Å². The Morgan fingerprint density at radius 1 is 1.50 bits per heavy atom. The molecule has 1 aromatic carbocycles. The molecule has 0 aromatic heterocycles. The Balaban J connectivity index is 3.16. The lowest BCUT2D eigenvalue weighted by molar-refractivity contribution is 0.293. The molecule has 0 aliphatic heterocycles. The molecule has 1 rings (SSSR count). The first kappa shape index (κ1) is 12.8. The van der Waals surface area contributed by atoms with Crippen LogP contribution in [0.1, 0.15) is 18.9 Å².